The fraction of sp³-hybridized carbons (Fsp3) is 0.545. The average Bonchev–Trinajstić information content (AvgIpc) is 3.18. The molecule has 1 unspecified atom stereocenters. The van der Waals surface area contributed by atoms with Crippen molar-refractivity contribution in [3.8, 4) is 0 Å². The maximum atomic E-state index is 6.07. The van der Waals surface area contributed by atoms with E-state index < -0.39 is 0 Å². The standard InChI is InChI=1S/C22H29N7O/c1-22(2,14-23)17-13-25-19-20(26-17)29(18-9-3-4-12-30-18)27-21(19)28-11-6-7-15-16(28)8-5-10-24-15/h5,8,10,13,18H,3-4,6-7,9,11-12,14,23H2,1-2H3. The van der Waals surface area contributed by atoms with Crippen molar-refractivity contribution < 1.29 is 4.74 Å². The van der Waals surface area contributed by atoms with Gasteiger partial charge >= 0.3 is 0 Å². The summed E-state index contributed by atoms with van der Waals surface area (Å²) in [5.74, 6) is 0.831. The Balaban J connectivity index is 1.68. The summed E-state index contributed by atoms with van der Waals surface area (Å²) in [6.07, 6.45) is 8.75. The highest BCUT2D eigenvalue weighted by Crippen LogP contribution is 2.37. The Kier molecular flexibility index (Phi) is 4.91. The zero-order valence-corrected chi connectivity index (χ0v) is 17.7. The van der Waals surface area contributed by atoms with Gasteiger partial charge in [0.05, 0.1) is 23.3 Å². The summed E-state index contributed by atoms with van der Waals surface area (Å²) >= 11 is 0. The molecule has 0 saturated carbocycles. The van der Waals surface area contributed by atoms with E-state index in [1.807, 2.05) is 23.1 Å². The van der Waals surface area contributed by atoms with Gasteiger partial charge in [-0.25, -0.2) is 14.6 Å². The maximum absolute atomic E-state index is 6.07. The lowest BCUT2D eigenvalue weighted by Crippen LogP contribution is -2.29. The lowest BCUT2D eigenvalue weighted by atomic mass is 9.90. The van der Waals surface area contributed by atoms with Gasteiger partial charge in [0.2, 0.25) is 0 Å². The molecule has 0 aromatic carbocycles. The van der Waals surface area contributed by atoms with Crippen LogP contribution >= 0.6 is 0 Å². The molecule has 1 fully saturated rings. The van der Waals surface area contributed by atoms with Gasteiger partial charge in [-0.1, -0.05) is 13.8 Å². The SMILES string of the molecule is CC(C)(CN)c1cnc2c(N3CCCc4ncccc43)nn(C3CCCCO3)c2n1. The van der Waals surface area contributed by atoms with E-state index in [0.717, 1.165) is 79.3 Å². The summed E-state index contributed by atoms with van der Waals surface area (Å²) in [5, 5.41) is 5.02. The van der Waals surface area contributed by atoms with Crippen LogP contribution in [-0.4, -0.2) is 44.4 Å². The van der Waals surface area contributed by atoms with Crippen LogP contribution in [0.5, 0.6) is 0 Å². The number of fused-ring (bicyclic) bond motifs is 2. The van der Waals surface area contributed by atoms with Crippen LogP contribution in [-0.2, 0) is 16.6 Å². The van der Waals surface area contributed by atoms with E-state index >= 15 is 0 Å². The average molecular weight is 408 g/mol. The number of nitrogens with zero attached hydrogens (tertiary/aromatic N) is 6. The van der Waals surface area contributed by atoms with Crippen molar-refractivity contribution in [3.05, 3.63) is 35.9 Å². The van der Waals surface area contributed by atoms with Crippen molar-refractivity contribution >= 4 is 22.7 Å². The first-order valence-electron chi connectivity index (χ1n) is 10.9. The molecule has 0 amide bonds. The molecule has 5 rings (SSSR count). The number of hydrogen-bond acceptors (Lipinski definition) is 7. The van der Waals surface area contributed by atoms with Gasteiger partial charge in [-0.15, -0.1) is 5.10 Å². The molecular weight excluding hydrogens is 378 g/mol. The number of nitrogens with two attached hydrogens (primary N) is 1. The van der Waals surface area contributed by atoms with E-state index in [4.69, 9.17) is 25.5 Å². The van der Waals surface area contributed by atoms with E-state index in [-0.39, 0.29) is 11.6 Å². The molecule has 0 bridgehead atoms. The molecule has 2 aliphatic rings. The van der Waals surface area contributed by atoms with Crippen LogP contribution in [0.25, 0.3) is 11.2 Å². The summed E-state index contributed by atoms with van der Waals surface area (Å²) in [6.45, 7) is 6.31. The molecular formula is C22H29N7O. The maximum Gasteiger partial charge on any atom is 0.183 e. The van der Waals surface area contributed by atoms with Crippen LogP contribution in [0.3, 0.4) is 0 Å². The molecule has 0 spiro atoms. The molecule has 2 N–H and O–H groups in total. The van der Waals surface area contributed by atoms with Crippen LogP contribution in [0.2, 0.25) is 0 Å². The highest BCUT2D eigenvalue weighted by molar-refractivity contribution is 5.87. The lowest BCUT2D eigenvalue weighted by Gasteiger charge is -2.28. The molecule has 5 heterocycles. The van der Waals surface area contributed by atoms with Gasteiger partial charge in [0, 0.05) is 31.3 Å². The first kappa shape index (κ1) is 19.4. The van der Waals surface area contributed by atoms with Gasteiger partial charge < -0.3 is 15.4 Å². The molecule has 0 aliphatic carbocycles. The first-order chi connectivity index (χ1) is 14.6. The van der Waals surface area contributed by atoms with Gasteiger partial charge in [-0.3, -0.25) is 4.98 Å². The van der Waals surface area contributed by atoms with Gasteiger partial charge in [-0.2, -0.15) is 0 Å². The van der Waals surface area contributed by atoms with E-state index in [9.17, 15) is 0 Å². The second-order valence-electron chi connectivity index (χ2n) is 8.83. The number of anilines is 2. The topological polar surface area (TPSA) is 95.0 Å². The Morgan fingerprint density at radius 1 is 1.23 bits per heavy atom. The number of aromatic nitrogens is 5. The molecule has 3 aromatic heterocycles. The predicted octanol–water partition coefficient (Wildman–Crippen LogP) is 3.24. The molecule has 2 aliphatic heterocycles. The quantitative estimate of drug-likeness (QED) is 0.709. The fourth-order valence-corrected chi connectivity index (χ4v) is 4.24. The van der Waals surface area contributed by atoms with E-state index in [0.29, 0.717) is 6.54 Å². The van der Waals surface area contributed by atoms with E-state index in [2.05, 4.69) is 29.8 Å². The molecule has 1 saturated heterocycles. The molecule has 30 heavy (non-hydrogen) atoms. The number of pyridine rings is 1. The van der Waals surface area contributed by atoms with Crippen molar-refractivity contribution in [1.29, 1.82) is 0 Å². The zero-order chi connectivity index (χ0) is 20.7. The second-order valence-corrected chi connectivity index (χ2v) is 8.83. The molecule has 1 atom stereocenters. The summed E-state index contributed by atoms with van der Waals surface area (Å²) in [7, 11) is 0. The Labute approximate surface area is 176 Å². The summed E-state index contributed by atoms with van der Waals surface area (Å²) in [4.78, 5) is 16.7. The number of rotatable bonds is 4. The smallest absolute Gasteiger partial charge is 0.183 e. The number of hydrogen-bond donors (Lipinski definition) is 1. The molecule has 8 heteroatoms. The van der Waals surface area contributed by atoms with Crippen LogP contribution < -0.4 is 10.6 Å². The van der Waals surface area contributed by atoms with Crippen molar-refractivity contribution in [1.82, 2.24) is 24.7 Å². The van der Waals surface area contributed by atoms with Gasteiger partial charge in [0.1, 0.15) is 0 Å². The third kappa shape index (κ3) is 3.24. The van der Waals surface area contributed by atoms with Gasteiger partial charge in [-0.05, 0) is 44.2 Å². The highest BCUT2D eigenvalue weighted by atomic mass is 16.5. The number of ether oxygens (including phenoxy) is 1. The lowest BCUT2D eigenvalue weighted by molar-refractivity contribution is -0.0369. The number of aryl methyl sites for hydroxylation is 1. The highest BCUT2D eigenvalue weighted by Gasteiger charge is 2.30. The summed E-state index contributed by atoms with van der Waals surface area (Å²) in [6, 6.07) is 4.09. The van der Waals surface area contributed by atoms with Gasteiger partial charge in [0.25, 0.3) is 0 Å². The van der Waals surface area contributed by atoms with E-state index in [1.165, 1.54) is 0 Å². The normalized spacial score (nSPS) is 19.8. The minimum Gasteiger partial charge on any atom is -0.356 e. The molecule has 8 nitrogen and oxygen atoms in total. The minimum absolute atomic E-state index is 0.112. The van der Waals surface area contributed by atoms with Crippen LogP contribution in [0.4, 0.5) is 11.5 Å². The fourth-order valence-electron chi connectivity index (χ4n) is 4.24. The minimum atomic E-state index is -0.258. The summed E-state index contributed by atoms with van der Waals surface area (Å²) in [5.41, 5.74) is 10.4. The largest absolute Gasteiger partial charge is 0.356 e. The molecule has 0 radical (unpaired) electrons. The zero-order valence-electron chi connectivity index (χ0n) is 17.7. The predicted molar refractivity (Wildman–Crippen MR) is 116 cm³/mol. The third-order valence-electron chi connectivity index (χ3n) is 6.23. The molecule has 158 valence electrons. The molecule has 3 aromatic rings. The Hall–Kier alpha value is -2.58. The summed E-state index contributed by atoms with van der Waals surface area (Å²) < 4.78 is 8.01. The van der Waals surface area contributed by atoms with E-state index in [1.54, 1.807) is 0 Å². The van der Waals surface area contributed by atoms with Crippen molar-refractivity contribution in [2.45, 2.75) is 57.6 Å². The Morgan fingerprint density at radius 2 is 2.13 bits per heavy atom. The monoisotopic (exact) mass is 407 g/mol. The van der Waals surface area contributed by atoms with Crippen molar-refractivity contribution in [3.63, 3.8) is 0 Å². The Bertz CT molecular complexity index is 1050. The first-order valence-corrected chi connectivity index (χ1v) is 10.9. The Morgan fingerprint density at radius 3 is 2.93 bits per heavy atom. The van der Waals surface area contributed by atoms with Crippen molar-refractivity contribution in [2.75, 3.05) is 24.6 Å². The van der Waals surface area contributed by atoms with Gasteiger partial charge in [0.15, 0.2) is 23.2 Å². The van der Waals surface area contributed by atoms with Crippen LogP contribution in [0.15, 0.2) is 24.5 Å². The van der Waals surface area contributed by atoms with Crippen LogP contribution in [0.1, 0.15) is 57.1 Å². The second kappa shape index (κ2) is 7.59. The van der Waals surface area contributed by atoms with Crippen LogP contribution in [0, 0.1) is 0 Å². The third-order valence-corrected chi connectivity index (χ3v) is 6.23. The van der Waals surface area contributed by atoms with Crippen molar-refractivity contribution in [2.24, 2.45) is 5.73 Å².